The zero-order valence-corrected chi connectivity index (χ0v) is 11.8. The van der Waals surface area contributed by atoms with E-state index in [4.69, 9.17) is 0 Å². The van der Waals surface area contributed by atoms with Crippen molar-refractivity contribution in [2.75, 3.05) is 32.7 Å². The minimum absolute atomic E-state index is 0.275. The molecule has 2 saturated heterocycles. The summed E-state index contributed by atoms with van der Waals surface area (Å²) in [5, 5.41) is 3.29. The van der Waals surface area contributed by atoms with Crippen LogP contribution in [0.25, 0.3) is 0 Å². The fourth-order valence-electron chi connectivity index (χ4n) is 2.89. The molecule has 2 aliphatic rings. The summed E-state index contributed by atoms with van der Waals surface area (Å²) in [5.74, 6) is 0.275. The molecular formula is C14H27N3O. The van der Waals surface area contributed by atoms with Gasteiger partial charge in [0, 0.05) is 25.2 Å². The first-order chi connectivity index (χ1) is 8.70. The molecular weight excluding hydrogens is 226 g/mol. The average Bonchev–Trinajstić information content (AvgIpc) is 3.04. The van der Waals surface area contributed by atoms with Crippen molar-refractivity contribution in [3.05, 3.63) is 0 Å². The lowest BCUT2D eigenvalue weighted by Crippen LogP contribution is -2.42. The first-order valence-corrected chi connectivity index (χ1v) is 7.46. The highest BCUT2D eigenvalue weighted by atomic mass is 16.2. The largest absolute Gasteiger partial charge is 0.340 e. The van der Waals surface area contributed by atoms with E-state index in [2.05, 4.69) is 24.1 Å². The number of carbonyl (C=O) groups is 1. The standard InChI is InChI=1S/C14H27N3O/c1-3-12(2)15-10-14(18)17-9-6-13(11-17)16-7-4-5-8-16/h12-13,15H,3-11H2,1-2H3. The molecule has 2 rings (SSSR count). The van der Waals surface area contributed by atoms with E-state index in [0.29, 0.717) is 18.6 Å². The molecule has 18 heavy (non-hydrogen) atoms. The molecule has 0 bridgehead atoms. The van der Waals surface area contributed by atoms with E-state index in [9.17, 15) is 4.79 Å². The Bertz CT molecular complexity index is 276. The smallest absolute Gasteiger partial charge is 0.236 e. The Labute approximate surface area is 111 Å². The highest BCUT2D eigenvalue weighted by Crippen LogP contribution is 2.20. The van der Waals surface area contributed by atoms with Gasteiger partial charge in [0.25, 0.3) is 0 Å². The first-order valence-electron chi connectivity index (χ1n) is 7.46. The molecule has 104 valence electrons. The molecule has 2 aliphatic heterocycles. The number of carbonyl (C=O) groups excluding carboxylic acids is 1. The Kier molecular flexibility index (Phi) is 5.01. The van der Waals surface area contributed by atoms with Crippen LogP contribution in [0.15, 0.2) is 0 Å². The predicted molar refractivity (Wildman–Crippen MR) is 73.5 cm³/mol. The van der Waals surface area contributed by atoms with Crippen molar-refractivity contribution in [1.29, 1.82) is 0 Å². The van der Waals surface area contributed by atoms with Crippen molar-refractivity contribution in [3.8, 4) is 0 Å². The molecule has 0 saturated carbocycles. The quantitative estimate of drug-likeness (QED) is 0.796. The Balaban J connectivity index is 1.72. The van der Waals surface area contributed by atoms with Crippen molar-refractivity contribution in [2.24, 2.45) is 0 Å². The van der Waals surface area contributed by atoms with Crippen LogP contribution in [0.2, 0.25) is 0 Å². The molecule has 1 amide bonds. The number of amides is 1. The van der Waals surface area contributed by atoms with E-state index in [1.807, 2.05) is 4.90 Å². The number of hydrogen-bond acceptors (Lipinski definition) is 3. The molecule has 0 aromatic carbocycles. The van der Waals surface area contributed by atoms with Crippen LogP contribution in [-0.4, -0.2) is 60.5 Å². The average molecular weight is 253 g/mol. The molecule has 0 aromatic rings. The van der Waals surface area contributed by atoms with Crippen LogP contribution in [0, 0.1) is 0 Å². The number of hydrogen-bond donors (Lipinski definition) is 1. The van der Waals surface area contributed by atoms with E-state index in [-0.39, 0.29) is 5.91 Å². The Morgan fingerprint density at radius 1 is 1.33 bits per heavy atom. The summed E-state index contributed by atoms with van der Waals surface area (Å²) in [6.07, 6.45) is 4.90. The highest BCUT2D eigenvalue weighted by molar-refractivity contribution is 5.78. The van der Waals surface area contributed by atoms with Crippen molar-refractivity contribution in [2.45, 2.75) is 51.6 Å². The van der Waals surface area contributed by atoms with Crippen molar-refractivity contribution in [3.63, 3.8) is 0 Å². The van der Waals surface area contributed by atoms with Gasteiger partial charge in [0.2, 0.25) is 5.91 Å². The van der Waals surface area contributed by atoms with Crippen molar-refractivity contribution >= 4 is 5.91 Å². The third-order valence-corrected chi connectivity index (χ3v) is 4.39. The number of nitrogens with zero attached hydrogens (tertiary/aromatic N) is 2. The Morgan fingerprint density at radius 2 is 2.06 bits per heavy atom. The monoisotopic (exact) mass is 253 g/mol. The zero-order chi connectivity index (χ0) is 13.0. The van der Waals surface area contributed by atoms with Gasteiger partial charge in [-0.3, -0.25) is 9.69 Å². The maximum atomic E-state index is 12.1. The first kappa shape index (κ1) is 13.8. The second-order valence-electron chi connectivity index (χ2n) is 5.72. The van der Waals surface area contributed by atoms with Crippen LogP contribution in [-0.2, 0) is 4.79 Å². The molecule has 4 nitrogen and oxygen atoms in total. The third kappa shape index (κ3) is 3.45. The van der Waals surface area contributed by atoms with Gasteiger partial charge in [-0.05, 0) is 45.7 Å². The minimum Gasteiger partial charge on any atom is -0.340 e. The van der Waals surface area contributed by atoms with Gasteiger partial charge in [0.15, 0.2) is 0 Å². The van der Waals surface area contributed by atoms with Gasteiger partial charge >= 0.3 is 0 Å². The molecule has 1 N–H and O–H groups in total. The number of nitrogens with one attached hydrogen (secondary N) is 1. The lowest BCUT2D eigenvalue weighted by Gasteiger charge is -2.24. The van der Waals surface area contributed by atoms with Gasteiger partial charge in [0.05, 0.1) is 6.54 Å². The van der Waals surface area contributed by atoms with Crippen LogP contribution in [0.5, 0.6) is 0 Å². The number of likely N-dealkylation sites (tertiary alicyclic amines) is 2. The maximum Gasteiger partial charge on any atom is 0.236 e. The Hall–Kier alpha value is -0.610. The molecule has 2 fully saturated rings. The lowest BCUT2D eigenvalue weighted by molar-refractivity contribution is -0.129. The van der Waals surface area contributed by atoms with E-state index in [1.165, 1.54) is 25.9 Å². The molecule has 0 radical (unpaired) electrons. The van der Waals surface area contributed by atoms with Crippen LogP contribution in [0.3, 0.4) is 0 Å². The molecule has 0 aliphatic carbocycles. The van der Waals surface area contributed by atoms with Gasteiger partial charge in [-0.25, -0.2) is 0 Å². The van der Waals surface area contributed by atoms with E-state index in [0.717, 1.165) is 25.9 Å². The lowest BCUT2D eigenvalue weighted by atomic mass is 10.2. The van der Waals surface area contributed by atoms with Crippen LogP contribution < -0.4 is 5.32 Å². The van der Waals surface area contributed by atoms with Gasteiger partial charge in [-0.15, -0.1) is 0 Å². The Morgan fingerprint density at radius 3 is 2.72 bits per heavy atom. The fourth-order valence-corrected chi connectivity index (χ4v) is 2.89. The van der Waals surface area contributed by atoms with E-state index < -0.39 is 0 Å². The summed E-state index contributed by atoms with van der Waals surface area (Å²) in [6, 6.07) is 1.06. The zero-order valence-electron chi connectivity index (χ0n) is 11.8. The minimum atomic E-state index is 0.275. The summed E-state index contributed by atoms with van der Waals surface area (Å²) < 4.78 is 0. The molecule has 4 heteroatoms. The van der Waals surface area contributed by atoms with Crippen molar-refractivity contribution < 1.29 is 4.79 Å². The van der Waals surface area contributed by atoms with Gasteiger partial charge in [0.1, 0.15) is 0 Å². The molecule has 0 aromatic heterocycles. The third-order valence-electron chi connectivity index (χ3n) is 4.39. The van der Waals surface area contributed by atoms with Crippen molar-refractivity contribution in [1.82, 2.24) is 15.1 Å². The summed E-state index contributed by atoms with van der Waals surface area (Å²) in [4.78, 5) is 16.7. The van der Waals surface area contributed by atoms with Gasteiger partial charge in [-0.2, -0.15) is 0 Å². The second-order valence-corrected chi connectivity index (χ2v) is 5.72. The van der Waals surface area contributed by atoms with E-state index in [1.54, 1.807) is 0 Å². The highest BCUT2D eigenvalue weighted by Gasteiger charge is 2.31. The van der Waals surface area contributed by atoms with E-state index >= 15 is 0 Å². The summed E-state index contributed by atoms with van der Waals surface area (Å²) in [6.45, 7) is 9.13. The predicted octanol–water partition coefficient (Wildman–Crippen LogP) is 1.07. The van der Waals surface area contributed by atoms with Crippen LogP contribution >= 0.6 is 0 Å². The molecule has 0 spiro atoms. The molecule has 2 heterocycles. The van der Waals surface area contributed by atoms with Crippen LogP contribution in [0.1, 0.15) is 39.5 Å². The van der Waals surface area contributed by atoms with Gasteiger partial charge in [-0.1, -0.05) is 6.92 Å². The topological polar surface area (TPSA) is 35.6 Å². The molecule has 2 unspecified atom stereocenters. The summed E-state index contributed by atoms with van der Waals surface area (Å²) >= 11 is 0. The summed E-state index contributed by atoms with van der Waals surface area (Å²) in [5.41, 5.74) is 0. The fraction of sp³-hybridized carbons (Fsp3) is 0.929. The second kappa shape index (κ2) is 6.53. The SMILES string of the molecule is CCC(C)NCC(=O)N1CCC(N2CCCC2)C1. The molecule has 2 atom stereocenters. The maximum absolute atomic E-state index is 12.1. The normalized spacial score (nSPS) is 26.8. The van der Waals surface area contributed by atoms with Gasteiger partial charge < -0.3 is 10.2 Å². The summed E-state index contributed by atoms with van der Waals surface area (Å²) in [7, 11) is 0. The van der Waals surface area contributed by atoms with Crippen LogP contribution in [0.4, 0.5) is 0 Å². The number of rotatable bonds is 5.